The van der Waals surface area contributed by atoms with Gasteiger partial charge in [0.1, 0.15) is 11.6 Å². The lowest BCUT2D eigenvalue weighted by atomic mass is 10.1. The molecule has 0 amide bonds. The van der Waals surface area contributed by atoms with Gasteiger partial charge in [0, 0.05) is 31.9 Å². The SMILES string of the molecule is Cc1cnc(Nc2cc(-c3ccc(F)cc3)[nH]n2)nc1N(C)C. The summed E-state index contributed by atoms with van der Waals surface area (Å²) in [7, 11) is 3.86. The number of nitrogens with zero attached hydrogens (tertiary/aromatic N) is 4. The van der Waals surface area contributed by atoms with Crippen LogP contribution in [0.2, 0.25) is 0 Å². The molecule has 2 aromatic heterocycles. The summed E-state index contributed by atoms with van der Waals surface area (Å²) in [5.41, 5.74) is 2.63. The van der Waals surface area contributed by atoms with E-state index in [2.05, 4.69) is 25.5 Å². The Morgan fingerprint density at radius 3 is 2.61 bits per heavy atom. The number of nitrogens with one attached hydrogen (secondary N) is 2. The molecule has 0 atom stereocenters. The van der Waals surface area contributed by atoms with Crippen LogP contribution in [0.3, 0.4) is 0 Å². The molecular weight excluding hydrogens is 295 g/mol. The van der Waals surface area contributed by atoms with Crippen LogP contribution in [0, 0.1) is 12.7 Å². The number of anilines is 3. The normalized spacial score (nSPS) is 10.6. The zero-order valence-electron chi connectivity index (χ0n) is 13.1. The maximum atomic E-state index is 13.0. The van der Waals surface area contributed by atoms with E-state index in [4.69, 9.17) is 0 Å². The van der Waals surface area contributed by atoms with Gasteiger partial charge in [0.05, 0.1) is 5.69 Å². The van der Waals surface area contributed by atoms with Crippen molar-refractivity contribution in [1.82, 2.24) is 20.2 Å². The second-order valence-electron chi connectivity index (χ2n) is 5.39. The van der Waals surface area contributed by atoms with Crippen molar-refractivity contribution in [2.45, 2.75) is 6.92 Å². The smallest absolute Gasteiger partial charge is 0.230 e. The third-order valence-corrected chi connectivity index (χ3v) is 3.34. The van der Waals surface area contributed by atoms with Crippen molar-refractivity contribution in [3.8, 4) is 11.3 Å². The van der Waals surface area contributed by atoms with Gasteiger partial charge in [-0.25, -0.2) is 9.37 Å². The van der Waals surface area contributed by atoms with E-state index in [-0.39, 0.29) is 5.82 Å². The first-order chi connectivity index (χ1) is 11.0. The number of aromatic amines is 1. The molecule has 0 aliphatic heterocycles. The van der Waals surface area contributed by atoms with Gasteiger partial charge in [0.25, 0.3) is 0 Å². The molecule has 0 saturated carbocycles. The summed E-state index contributed by atoms with van der Waals surface area (Å²) in [6.45, 7) is 1.96. The van der Waals surface area contributed by atoms with Gasteiger partial charge in [-0.3, -0.25) is 5.10 Å². The Balaban J connectivity index is 1.82. The van der Waals surface area contributed by atoms with Gasteiger partial charge in [-0.15, -0.1) is 0 Å². The summed E-state index contributed by atoms with van der Waals surface area (Å²) in [6.07, 6.45) is 1.76. The Hall–Kier alpha value is -2.96. The molecule has 0 aliphatic carbocycles. The van der Waals surface area contributed by atoms with Crippen LogP contribution in [0.5, 0.6) is 0 Å². The number of aromatic nitrogens is 4. The van der Waals surface area contributed by atoms with E-state index in [0.717, 1.165) is 22.6 Å². The molecule has 0 saturated heterocycles. The maximum Gasteiger partial charge on any atom is 0.230 e. The number of H-pyrrole nitrogens is 1. The van der Waals surface area contributed by atoms with Crippen molar-refractivity contribution in [2.75, 3.05) is 24.3 Å². The lowest BCUT2D eigenvalue weighted by Gasteiger charge is -2.14. The van der Waals surface area contributed by atoms with E-state index in [0.29, 0.717) is 11.8 Å². The van der Waals surface area contributed by atoms with E-state index >= 15 is 0 Å². The van der Waals surface area contributed by atoms with Gasteiger partial charge in [-0.2, -0.15) is 10.1 Å². The van der Waals surface area contributed by atoms with Crippen molar-refractivity contribution in [1.29, 1.82) is 0 Å². The van der Waals surface area contributed by atoms with Gasteiger partial charge in [-0.05, 0) is 36.8 Å². The van der Waals surface area contributed by atoms with E-state index in [1.165, 1.54) is 12.1 Å². The Bertz CT molecular complexity index is 810. The second-order valence-corrected chi connectivity index (χ2v) is 5.39. The Morgan fingerprint density at radius 2 is 1.91 bits per heavy atom. The molecule has 3 aromatic rings. The quantitative estimate of drug-likeness (QED) is 0.774. The molecule has 23 heavy (non-hydrogen) atoms. The van der Waals surface area contributed by atoms with Crippen LogP contribution in [-0.4, -0.2) is 34.3 Å². The van der Waals surface area contributed by atoms with Crippen molar-refractivity contribution < 1.29 is 4.39 Å². The van der Waals surface area contributed by atoms with E-state index in [1.807, 2.05) is 32.0 Å². The van der Waals surface area contributed by atoms with Gasteiger partial charge < -0.3 is 10.2 Å². The molecule has 1 aromatic carbocycles. The molecule has 0 aliphatic rings. The summed E-state index contributed by atoms with van der Waals surface area (Å²) in [5.74, 6) is 1.64. The Morgan fingerprint density at radius 1 is 1.17 bits per heavy atom. The summed E-state index contributed by atoms with van der Waals surface area (Å²) < 4.78 is 13.0. The lowest BCUT2D eigenvalue weighted by molar-refractivity contribution is 0.628. The van der Waals surface area contributed by atoms with Crippen molar-refractivity contribution in [3.05, 3.63) is 47.9 Å². The second kappa shape index (κ2) is 6.04. The summed E-state index contributed by atoms with van der Waals surface area (Å²) in [4.78, 5) is 10.6. The Kier molecular flexibility index (Phi) is 3.92. The van der Waals surface area contributed by atoms with E-state index in [1.54, 1.807) is 18.3 Å². The third kappa shape index (κ3) is 3.28. The van der Waals surface area contributed by atoms with Crippen molar-refractivity contribution >= 4 is 17.6 Å². The molecule has 0 unspecified atom stereocenters. The lowest BCUT2D eigenvalue weighted by Crippen LogP contribution is -2.13. The fourth-order valence-corrected chi connectivity index (χ4v) is 2.22. The van der Waals surface area contributed by atoms with E-state index < -0.39 is 0 Å². The monoisotopic (exact) mass is 312 g/mol. The minimum absolute atomic E-state index is 0.268. The van der Waals surface area contributed by atoms with E-state index in [9.17, 15) is 4.39 Å². The third-order valence-electron chi connectivity index (χ3n) is 3.34. The predicted molar refractivity (Wildman–Crippen MR) is 88.4 cm³/mol. The maximum absolute atomic E-state index is 13.0. The highest BCUT2D eigenvalue weighted by atomic mass is 19.1. The van der Waals surface area contributed by atoms with Crippen LogP contribution in [0.15, 0.2) is 36.5 Å². The molecule has 2 heterocycles. The minimum atomic E-state index is -0.268. The molecule has 0 bridgehead atoms. The largest absolute Gasteiger partial charge is 0.362 e. The summed E-state index contributed by atoms with van der Waals surface area (Å²) in [5, 5.41) is 10.2. The fourth-order valence-electron chi connectivity index (χ4n) is 2.22. The number of aryl methyl sites for hydroxylation is 1. The fraction of sp³-hybridized carbons (Fsp3) is 0.188. The average molecular weight is 312 g/mol. The number of hydrogen-bond donors (Lipinski definition) is 2. The molecular formula is C16H17FN6. The first-order valence-corrected chi connectivity index (χ1v) is 7.12. The van der Waals surface area contributed by atoms with Gasteiger partial charge >= 0.3 is 0 Å². The molecule has 0 spiro atoms. The first-order valence-electron chi connectivity index (χ1n) is 7.12. The topological polar surface area (TPSA) is 69.7 Å². The predicted octanol–water partition coefficient (Wildman–Crippen LogP) is 3.12. The molecule has 0 radical (unpaired) electrons. The summed E-state index contributed by atoms with van der Waals surface area (Å²) >= 11 is 0. The standard InChI is InChI=1S/C16H17FN6/c1-10-9-18-16(20-15(10)23(2)3)19-14-8-13(21-22-14)11-4-6-12(17)7-5-11/h4-9H,1-3H3,(H2,18,19,20,21,22). The van der Waals surface area contributed by atoms with Gasteiger partial charge in [0.2, 0.25) is 5.95 Å². The van der Waals surface area contributed by atoms with Crippen molar-refractivity contribution in [3.63, 3.8) is 0 Å². The van der Waals surface area contributed by atoms with Gasteiger partial charge in [-0.1, -0.05) is 0 Å². The van der Waals surface area contributed by atoms with Crippen LogP contribution in [-0.2, 0) is 0 Å². The molecule has 118 valence electrons. The van der Waals surface area contributed by atoms with Crippen molar-refractivity contribution in [2.24, 2.45) is 0 Å². The zero-order chi connectivity index (χ0) is 16.4. The minimum Gasteiger partial charge on any atom is -0.362 e. The molecule has 3 rings (SSSR count). The number of benzene rings is 1. The van der Waals surface area contributed by atoms with Crippen LogP contribution < -0.4 is 10.2 Å². The number of hydrogen-bond acceptors (Lipinski definition) is 5. The Labute approximate surface area is 133 Å². The number of rotatable bonds is 4. The zero-order valence-corrected chi connectivity index (χ0v) is 13.1. The molecule has 7 heteroatoms. The highest BCUT2D eigenvalue weighted by Gasteiger charge is 2.08. The summed E-state index contributed by atoms with van der Waals surface area (Å²) in [6, 6.07) is 8.04. The van der Waals surface area contributed by atoms with Crippen LogP contribution in [0.4, 0.5) is 22.0 Å². The molecule has 2 N–H and O–H groups in total. The first kappa shape index (κ1) is 15.0. The van der Waals surface area contributed by atoms with Crippen LogP contribution >= 0.6 is 0 Å². The average Bonchev–Trinajstić information content (AvgIpc) is 2.98. The van der Waals surface area contributed by atoms with Crippen LogP contribution in [0.1, 0.15) is 5.56 Å². The highest BCUT2D eigenvalue weighted by molar-refractivity contribution is 5.64. The molecule has 6 nitrogen and oxygen atoms in total. The molecule has 0 fully saturated rings. The number of halogens is 1. The highest BCUT2D eigenvalue weighted by Crippen LogP contribution is 2.22. The van der Waals surface area contributed by atoms with Crippen LogP contribution in [0.25, 0.3) is 11.3 Å². The van der Waals surface area contributed by atoms with Gasteiger partial charge in [0.15, 0.2) is 5.82 Å².